The first-order chi connectivity index (χ1) is 23.2. The van der Waals surface area contributed by atoms with E-state index < -0.39 is 22.0 Å². The summed E-state index contributed by atoms with van der Waals surface area (Å²) in [6, 6.07) is 23.9. The monoisotopic (exact) mass is 683 g/mol. The highest BCUT2D eigenvalue weighted by Gasteiger charge is 2.18. The molecule has 1 heterocycles. The van der Waals surface area contributed by atoms with Crippen LogP contribution in [0.1, 0.15) is 42.4 Å². The highest BCUT2D eigenvalue weighted by atomic mass is 32.2. The number of benzene rings is 4. The van der Waals surface area contributed by atoms with E-state index in [1.165, 1.54) is 13.2 Å². The highest BCUT2D eigenvalue weighted by Crippen LogP contribution is 2.35. The summed E-state index contributed by atoms with van der Waals surface area (Å²) in [5.41, 5.74) is 3.29. The van der Waals surface area contributed by atoms with E-state index in [4.69, 9.17) is 9.47 Å². The van der Waals surface area contributed by atoms with Gasteiger partial charge in [-0.3, -0.25) is 9.71 Å². The van der Waals surface area contributed by atoms with E-state index in [1.807, 2.05) is 51.1 Å². The van der Waals surface area contributed by atoms with E-state index in [0.29, 0.717) is 46.5 Å². The molecule has 49 heavy (non-hydrogen) atoms. The molecule has 0 atom stereocenters. The van der Waals surface area contributed by atoms with Crippen LogP contribution in [-0.4, -0.2) is 43.9 Å². The number of nitrogens with zero attached hydrogens (tertiary/aromatic N) is 1. The molecule has 5 aromatic rings. The standard InChI is InChI=1S/C36H37N5O7S/c1-36(2,3)22-16-24(18-25(17-22)41-49(5,45)46)39-35(44)40-31-12-13-32(29-9-7-6-8-28(29)31)48-27-14-15-37-26(19-27)21-38-23-10-11-30(34(42)43)33(20-23)47-4/h6-20,38,41H,21H2,1-5H3,(H,42,43)(H2,39,40,44). The molecule has 0 spiro atoms. The lowest BCUT2D eigenvalue weighted by Crippen LogP contribution is -2.21. The summed E-state index contributed by atoms with van der Waals surface area (Å²) in [6.45, 7) is 6.34. The summed E-state index contributed by atoms with van der Waals surface area (Å²) < 4.78 is 37.8. The predicted octanol–water partition coefficient (Wildman–Crippen LogP) is 7.66. The van der Waals surface area contributed by atoms with Gasteiger partial charge < -0.3 is 30.5 Å². The van der Waals surface area contributed by atoms with Crippen molar-refractivity contribution in [2.75, 3.05) is 34.0 Å². The van der Waals surface area contributed by atoms with Crippen LogP contribution < -0.4 is 30.1 Å². The third-order valence-electron chi connectivity index (χ3n) is 7.41. The normalized spacial score (nSPS) is 11.4. The fraction of sp³-hybridized carbons (Fsp3) is 0.194. The molecule has 5 rings (SSSR count). The van der Waals surface area contributed by atoms with Gasteiger partial charge in [0.2, 0.25) is 10.0 Å². The number of amides is 2. The van der Waals surface area contributed by atoms with Crippen molar-refractivity contribution in [2.24, 2.45) is 0 Å². The molecular weight excluding hydrogens is 646 g/mol. The van der Waals surface area contributed by atoms with E-state index >= 15 is 0 Å². The highest BCUT2D eigenvalue weighted by molar-refractivity contribution is 7.92. The molecule has 2 amide bonds. The van der Waals surface area contributed by atoms with Gasteiger partial charge in [-0.25, -0.2) is 18.0 Å². The summed E-state index contributed by atoms with van der Waals surface area (Å²) >= 11 is 0. The summed E-state index contributed by atoms with van der Waals surface area (Å²) in [5, 5.41) is 19.8. The molecule has 0 aliphatic heterocycles. The molecule has 12 nitrogen and oxygen atoms in total. The fourth-order valence-corrected chi connectivity index (χ4v) is 5.62. The second-order valence-electron chi connectivity index (χ2n) is 12.3. The molecule has 13 heteroatoms. The molecule has 0 bridgehead atoms. The zero-order valence-corrected chi connectivity index (χ0v) is 28.4. The largest absolute Gasteiger partial charge is 0.496 e. The van der Waals surface area contributed by atoms with Crippen LogP contribution in [0.25, 0.3) is 10.8 Å². The number of pyridine rings is 1. The topological polar surface area (TPSA) is 168 Å². The summed E-state index contributed by atoms with van der Waals surface area (Å²) in [5.74, 6) is 0.286. The first-order valence-electron chi connectivity index (χ1n) is 15.2. The molecule has 0 aliphatic carbocycles. The Bertz CT molecular complexity index is 2150. The third kappa shape index (κ3) is 8.96. The van der Waals surface area contributed by atoms with Gasteiger partial charge in [0.25, 0.3) is 0 Å². The van der Waals surface area contributed by atoms with Crippen molar-refractivity contribution in [1.29, 1.82) is 0 Å². The Morgan fingerprint density at radius 2 is 1.57 bits per heavy atom. The Morgan fingerprint density at radius 3 is 2.27 bits per heavy atom. The predicted molar refractivity (Wildman–Crippen MR) is 192 cm³/mol. The Balaban J connectivity index is 1.32. The van der Waals surface area contributed by atoms with Crippen molar-refractivity contribution in [3.05, 3.63) is 108 Å². The second kappa shape index (κ2) is 14.1. The maximum Gasteiger partial charge on any atom is 0.339 e. The number of methoxy groups -OCH3 is 1. The molecule has 4 aromatic carbocycles. The second-order valence-corrected chi connectivity index (χ2v) is 14.1. The number of carbonyl (C=O) groups excluding carboxylic acids is 1. The molecule has 254 valence electrons. The van der Waals surface area contributed by atoms with Crippen LogP contribution in [0.2, 0.25) is 0 Å². The Hall–Kier alpha value is -5.82. The zero-order chi connectivity index (χ0) is 35.3. The van der Waals surface area contributed by atoms with Crippen molar-refractivity contribution < 1.29 is 32.6 Å². The molecule has 0 radical (unpaired) electrons. The van der Waals surface area contributed by atoms with Crippen molar-refractivity contribution in [3.8, 4) is 17.2 Å². The van der Waals surface area contributed by atoms with E-state index in [-0.39, 0.29) is 16.7 Å². The van der Waals surface area contributed by atoms with Crippen molar-refractivity contribution in [3.63, 3.8) is 0 Å². The van der Waals surface area contributed by atoms with Gasteiger partial charge in [0, 0.05) is 40.5 Å². The van der Waals surface area contributed by atoms with Crippen LogP contribution in [0.5, 0.6) is 17.2 Å². The minimum atomic E-state index is -3.52. The summed E-state index contributed by atoms with van der Waals surface area (Å²) in [6.07, 6.45) is 2.71. The lowest BCUT2D eigenvalue weighted by Gasteiger charge is -2.22. The average Bonchev–Trinajstić information content (AvgIpc) is 3.03. The Morgan fingerprint density at radius 1 is 0.837 bits per heavy atom. The molecular formula is C36H37N5O7S. The van der Waals surface area contributed by atoms with Crippen molar-refractivity contribution in [2.45, 2.75) is 32.7 Å². The van der Waals surface area contributed by atoms with Gasteiger partial charge in [-0.2, -0.15) is 0 Å². The number of anilines is 4. The average molecular weight is 684 g/mol. The lowest BCUT2D eigenvalue weighted by atomic mass is 9.86. The van der Waals surface area contributed by atoms with E-state index in [0.717, 1.165) is 22.6 Å². The van der Waals surface area contributed by atoms with E-state index in [2.05, 4.69) is 25.7 Å². The Labute approximate surface area is 284 Å². The van der Waals surface area contributed by atoms with Gasteiger partial charge in [0.1, 0.15) is 22.8 Å². The maximum absolute atomic E-state index is 13.2. The molecule has 0 saturated heterocycles. The number of hydrogen-bond acceptors (Lipinski definition) is 8. The van der Waals surface area contributed by atoms with E-state index in [9.17, 15) is 23.1 Å². The van der Waals surface area contributed by atoms with Gasteiger partial charge in [0.05, 0.1) is 37.0 Å². The quantitative estimate of drug-likeness (QED) is 0.0939. The number of nitrogens with one attached hydrogen (secondary N) is 4. The minimum absolute atomic E-state index is 0.0691. The summed E-state index contributed by atoms with van der Waals surface area (Å²) in [7, 11) is -2.11. The van der Waals surface area contributed by atoms with Gasteiger partial charge in [-0.1, -0.05) is 45.0 Å². The maximum atomic E-state index is 13.2. The van der Waals surface area contributed by atoms with Crippen LogP contribution in [0, 0.1) is 0 Å². The zero-order valence-electron chi connectivity index (χ0n) is 27.6. The molecule has 5 N–H and O–H groups in total. The fourth-order valence-electron chi connectivity index (χ4n) is 5.07. The summed E-state index contributed by atoms with van der Waals surface area (Å²) in [4.78, 5) is 29.0. The minimum Gasteiger partial charge on any atom is -0.496 e. The van der Waals surface area contributed by atoms with Crippen molar-refractivity contribution >= 4 is 55.5 Å². The molecule has 0 unspecified atom stereocenters. The SMILES string of the molecule is COc1cc(NCc2cc(Oc3ccc(NC(=O)Nc4cc(NS(C)(=O)=O)cc(C(C)(C)C)c4)c4ccccc34)ccn2)ccc1C(=O)O. The number of aromatic carboxylic acids is 1. The van der Waals surface area contributed by atoms with E-state index in [1.54, 1.807) is 54.7 Å². The molecule has 0 aliphatic rings. The first-order valence-corrected chi connectivity index (χ1v) is 17.1. The molecule has 0 saturated carbocycles. The van der Waals surface area contributed by atoms with Crippen LogP contribution >= 0.6 is 0 Å². The molecule has 1 aromatic heterocycles. The van der Waals surface area contributed by atoms with Crippen LogP contribution in [-0.2, 0) is 22.0 Å². The number of rotatable bonds is 11. The number of urea groups is 1. The van der Waals surface area contributed by atoms with Crippen molar-refractivity contribution in [1.82, 2.24) is 4.98 Å². The van der Waals surface area contributed by atoms with Crippen LogP contribution in [0.15, 0.2) is 91.1 Å². The number of carboxylic acids is 1. The number of ether oxygens (including phenoxy) is 2. The number of hydrogen-bond donors (Lipinski definition) is 5. The first kappa shape index (κ1) is 34.5. The number of fused-ring (bicyclic) bond motifs is 1. The van der Waals surface area contributed by atoms with Gasteiger partial charge >= 0.3 is 12.0 Å². The van der Waals surface area contributed by atoms with Crippen LogP contribution in [0.3, 0.4) is 0 Å². The van der Waals surface area contributed by atoms with Gasteiger partial charge in [-0.15, -0.1) is 0 Å². The van der Waals surface area contributed by atoms with Gasteiger partial charge in [0.15, 0.2) is 0 Å². The lowest BCUT2D eigenvalue weighted by molar-refractivity contribution is 0.0693. The number of aromatic nitrogens is 1. The number of carbonyl (C=O) groups is 2. The number of carboxylic acid groups (broad SMARTS) is 1. The van der Waals surface area contributed by atoms with Crippen LogP contribution in [0.4, 0.5) is 27.5 Å². The number of sulfonamides is 1. The third-order valence-corrected chi connectivity index (χ3v) is 8.02. The Kier molecular flexibility index (Phi) is 9.94. The van der Waals surface area contributed by atoms with Gasteiger partial charge in [-0.05, 0) is 59.5 Å². The molecule has 0 fully saturated rings. The smallest absolute Gasteiger partial charge is 0.339 e.